The lowest BCUT2D eigenvalue weighted by atomic mass is 10.1. The fourth-order valence-electron chi connectivity index (χ4n) is 2.64. The first kappa shape index (κ1) is 21.7. The second kappa shape index (κ2) is 9.57. The number of primary sulfonamides is 1. The summed E-state index contributed by atoms with van der Waals surface area (Å²) in [7, 11) is -2.17. The van der Waals surface area contributed by atoms with Gasteiger partial charge < -0.3 is 14.8 Å². The van der Waals surface area contributed by atoms with E-state index >= 15 is 0 Å². The van der Waals surface area contributed by atoms with Crippen molar-refractivity contribution in [1.82, 2.24) is 5.32 Å². The third kappa shape index (κ3) is 5.97. The maximum atomic E-state index is 12.3. The predicted octanol–water partition coefficient (Wildman–Crippen LogP) is 2.55. The van der Waals surface area contributed by atoms with E-state index < -0.39 is 10.0 Å². The highest BCUT2D eigenvalue weighted by molar-refractivity contribution is 7.89. The molecule has 152 valence electrons. The van der Waals surface area contributed by atoms with Gasteiger partial charge in [-0.25, -0.2) is 13.6 Å². The first-order chi connectivity index (χ1) is 13.2. The second-order valence-electron chi connectivity index (χ2n) is 6.41. The quantitative estimate of drug-likeness (QED) is 0.665. The second-order valence-corrected chi connectivity index (χ2v) is 7.98. The molecule has 0 spiro atoms. The Bertz CT molecular complexity index is 911. The average Bonchev–Trinajstić information content (AvgIpc) is 2.65. The number of amides is 1. The molecule has 0 aliphatic carbocycles. The maximum Gasteiger partial charge on any atom is 0.238 e. The van der Waals surface area contributed by atoms with Crippen molar-refractivity contribution in [2.24, 2.45) is 5.14 Å². The fraction of sp³-hybridized carbons (Fsp3) is 0.350. The molecule has 2 aromatic rings. The molecule has 7 nitrogen and oxygen atoms in total. The Labute approximate surface area is 165 Å². The molecule has 8 heteroatoms. The molecule has 1 atom stereocenters. The fourth-order valence-corrected chi connectivity index (χ4v) is 3.16. The third-order valence-corrected chi connectivity index (χ3v) is 5.07. The molecule has 0 saturated heterocycles. The van der Waals surface area contributed by atoms with Gasteiger partial charge in [-0.3, -0.25) is 4.79 Å². The van der Waals surface area contributed by atoms with Gasteiger partial charge in [-0.05, 0) is 48.7 Å². The van der Waals surface area contributed by atoms with Gasteiger partial charge >= 0.3 is 0 Å². The first-order valence-corrected chi connectivity index (χ1v) is 10.5. The van der Waals surface area contributed by atoms with Crippen molar-refractivity contribution in [3.8, 4) is 11.5 Å². The molecule has 2 aromatic carbocycles. The van der Waals surface area contributed by atoms with E-state index in [0.717, 1.165) is 12.0 Å². The van der Waals surface area contributed by atoms with Crippen LogP contribution in [0.4, 0.5) is 0 Å². The molecular formula is C20H26N2O5S. The van der Waals surface area contributed by atoms with E-state index in [4.69, 9.17) is 14.6 Å². The van der Waals surface area contributed by atoms with E-state index in [1.807, 2.05) is 32.0 Å². The lowest BCUT2D eigenvalue weighted by molar-refractivity contribution is -0.121. The number of benzene rings is 2. The Kier molecular flexibility index (Phi) is 7.42. The van der Waals surface area contributed by atoms with Crippen LogP contribution in [0.15, 0.2) is 47.4 Å². The summed E-state index contributed by atoms with van der Waals surface area (Å²) in [6.45, 7) is 4.51. The number of rotatable bonds is 9. The van der Waals surface area contributed by atoms with Crippen molar-refractivity contribution in [2.45, 2.75) is 37.6 Å². The van der Waals surface area contributed by atoms with Gasteiger partial charge in [-0.15, -0.1) is 0 Å². The molecule has 0 aliphatic heterocycles. The number of nitrogens with one attached hydrogen (secondary N) is 1. The molecule has 1 unspecified atom stereocenters. The largest absolute Gasteiger partial charge is 0.493 e. The van der Waals surface area contributed by atoms with Crippen LogP contribution < -0.4 is 19.9 Å². The maximum absolute atomic E-state index is 12.3. The summed E-state index contributed by atoms with van der Waals surface area (Å²) < 4.78 is 33.6. The van der Waals surface area contributed by atoms with E-state index in [9.17, 15) is 13.2 Å². The highest BCUT2D eigenvalue weighted by Crippen LogP contribution is 2.30. The Hall–Kier alpha value is -2.58. The van der Waals surface area contributed by atoms with Crippen LogP contribution in [0.3, 0.4) is 0 Å². The lowest BCUT2D eigenvalue weighted by Crippen LogP contribution is -2.28. The van der Waals surface area contributed by atoms with Crippen LogP contribution in [0.2, 0.25) is 0 Å². The van der Waals surface area contributed by atoms with Crippen molar-refractivity contribution in [1.29, 1.82) is 0 Å². The van der Waals surface area contributed by atoms with Crippen LogP contribution in [-0.2, 0) is 21.2 Å². The normalized spacial score (nSPS) is 12.3. The Morgan fingerprint density at radius 3 is 2.39 bits per heavy atom. The Morgan fingerprint density at radius 2 is 1.82 bits per heavy atom. The number of carbonyl (C=O) groups is 1. The Morgan fingerprint density at radius 1 is 1.14 bits per heavy atom. The van der Waals surface area contributed by atoms with Crippen molar-refractivity contribution >= 4 is 15.9 Å². The summed E-state index contributed by atoms with van der Waals surface area (Å²) in [5, 5.41) is 8.00. The van der Waals surface area contributed by atoms with E-state index in [2.05, 4.69) is 5.32 Å². The molecule has 0 radical (unpaired) electrons. The predicted molar refractivity (Wildman–Crippen MR) is 107 cm³/mol. The van der Waals surface area contributed by atoms with Crippen LogP contribution in [0.5, 0.6) is 11.5 Å². The van der Waals surface area contributed by atoms with Gasteiger partial charge in [0, 0.05) is 0 Å². The number of ether oxygens (including phenoxy) is 2. The van der Waals surface area contributed by atoms with Crippen molar-refractivity contribution in [3.63, 3.8) is 0 Å². The van der Waals surface area contributed by atoms with Crippen molar-refractivity contribution in [3.05, 3.63) is 53.6 Å². The van der Waals surface area contributed by atoms with Crippen LogP contribution in [0.1, 0.15) is 37.4 Å². The minimum atomic E-state index is -3.74. The van der Waals surface area contributed by atoms with Gasteiger partial charge in [0.2, 0.25) is 15.9 Å². The van der Waals surface area contributed by atoms with Gasteiger partial charge in [-0.1, -0.05) is 25.1 Å². The minimum Gasteiger partial charge on any atom is -0.493 e. The van der Waals surface area contributed by atoms with E-state index in [-0.39, 0.29) is 23.3 Å². The van der Waals surface area contributed by atoms with Gasteiger partial charge in [0.25, 0.3) is 0 Å². The van der Waals surface area contributed by atoms with Crippen molar-refractivity contribution in [2.75, 3.05) is 13.7 Å². The standard InChI is InChI=1S/C20H26N2O5S/c1-4-11-27-18-10-7-16(13-19(18)26-3)14(2)22-20(23)12-15-5-8-17(9-6-15)28(21,24)25/h5-10,13-14H,4,11-12H2,1-3H3,(H,22,23)(H2,21,24,25). The summed E-state index contributed by atoms with van der Waals surface area (Å²) in [6, 6.07) is 11.3. The topological polar surface area (TPSA) is 108 Å². The molecule has 28 heavy (non-hydrogen) atoms. The van der Waals surface area contributed by atoms with Gasteiger partial charge in [0.05, 0.1) is 31.1 Å². The monoisotopic (exact) mass is 406 g/mol. The van der Waals surface area contributed by atoms with Gasteiger partial charge in [0.15, 0.2) is 11.5 Å². The van der Waals surface area contributed by atoms with E-state index in [1.165, 1.54) is 12.1 Å². The van der Waals surface area contributed by atoms with E-state index in [0.29, 0.717) is 23.7 Å². The molecule has 0 saturated carbocycles. The minimum absolute atomic E-state index is 0.0162. The Balaban J connectivity index is 2.01. The molecule has 3 N–H and O–H groups in total. The SMILES string of the molecule is CCCOc1ccc(C(C)NC(=O)Cc2ccc(S(N)(=O)=O)cc2)cc1OC. The zero-order valence-electron chi connectivity index (χ0n) is 16.3. The highest BCUT2D eigenvalue weighted by Gasteiger charge is 2.14. The highest BCUT2D eigenvalue weighted by atomic mass is 32.2. The number of hydrogen-bond acceptors (Lipinski definition) is 5. The number of sulfonamides is 1. The molecule has 0 heterocycles. The lowest BCUT2D eigenvalue weighted by Gasteiger charge is -2.17. The summed E-state index contributed by atoms with van der Waals surface area (Å²) in [4.78, 5) is 12.3. The molecule has 0 fully saturated rings. The summed E-state index contributed by atoms with van der Waals surface area (Å²) >= 11 is 0. The summed E-state index contributed by atoms with van der Waals surface area (Å²) in [5.74, 6) is 1.10. The summed E-state index contributed by atoms with van der Waals surface area (Å²) in [6.07, 6.45) is 1.03. The first-order valence-electron chi connectivity index (χ1n) is 8.96. The molecule has 0 aliphatic rings. The number of carbonyl (C=O) groups excluding carboxylic acids is 1. The molecule has 0 bridgehead atoms. The van der Waals surface area contributed by atoms with Crippen LogP contribution in [0.25, 0.3) is 0 Å². The molecular weight excluding hydrogens is 380 g/mol. The number of methoxy groups -OCH3 is 1. The van der Waals surface area contributed by atoms with E-state index in [1.54, 1.807) is 19.2 Å². The van der Waals surface area contributed by atoms with Crippen LogP contribution >= 0.6 is 0 Å². The smallest absolute Gasteiger partial charge is 0.238 e. The van der Waals surface area contributed by atoms with Gasteiger partial charge in [0.1, 0.15) is 0 Å². The third-order valence-electron chi connectivity index (χ3n) is 4.14. The molecule has 1 amide bonds. The van der Waals surface area contributed by atoms with Crippen LogP contribution in [-0.4, -0.2) is 28.0 Å². The number of nitrogens with two attached hydrogens (primary N) is 1. The van der Waals surface area contributed by atoms with Gasteiger partial charge in [-0.2, -0.15) is 0 Å². The molecule has 2 rings (SSSR count). The zero-order valence-corrected chi connectivity index (χ0v) is 17.1. The number of hydrogen-bond donors (Lipinski definition) is 2. The zero-order chi connectivity index (χ0) is 20.7. The summed E-state index contributed by atoms with van der Waals surface area (Å²) in [5.41, 5.74) is 1.58. The van der Waals surface area contributed by atoms with Crippen LogP contribution in [0, 0.1) is 0 Å². The molecule has 0 aromatic heterocycles. The average molecular weight is 407 g/mol. The van der Waals surface area contributed by atoms with Crippen molar-refractivity contribution < 1.29 is 22.7 Å².